The number of carbonyl (C=O) groups excluding carboxylic acids is 1. The molecule has 0 saturated carbocycles. The van der Waals surface area contributed by atoms with E-state index in [1.54, 1.807) is 0 Å². The van der Waals surface area contributed by atoms with E-state index in [9.17, 15) is 4.79 Å². The molecule has 100 valence electrons. The van der Waals surface area contributed by atoms with E-state index in [0.29, 0.717) is 12.3 Å². The number of nitrogens with one attached hydrogen (secondary N) is 2. The molecule has 1 amide bonds. The first-order valence-electron chi connectivity index (χ1n) is 6.61. The van der Waals surface area contributed by atoms with Gasteiger partial charge >= 0.3 is 0 Å². The molecular weight excluding hydrogens is 224 g/mol. The molecule has 1 aromatic rings. The van der Waals surface area contributed by atoms with E-state index in [1.807, 2.05) is 0 Å². The van der Waals surface area contributed by atoms with Crippen molar-refractivity contribution >= 4 is 5.91 Å². The molecule has 3 heteroatoms. The Hall–Kier alpha value is -1.35. The summed E-state index contributed by atoms with van der Waals surface area (Å²) in [7, 11) is 0. The van der Waals surface area contributed by atoms with Crippen LogP contribution in [0.3, 0.4) is 0 Å². The van der Waals surface area contributed by atoms with E-state index < -0.39 is 0 Å². The molecule has 0 aliphatic heterocycles. The molecule has 1 rings (SSSR count). The van der Waals surface area contributed by atoms with Crippen molar-refractivity contribution in [1.29, 1.82) is 0 Å². The largest absolute Gasteiger partial charge is 0.356 e. The van der Waals surface area contributed by atoms with Crippen LogP contribution in [0.2, 0.25) is 0 Å². The third-order valence-electron chi connectivity index (χ3n) is 2.65. The summed E-state index contributed by atoms with van der Waals surface area (Å²) in [5.41, 5.74) is 2.53. The van der Waals surface area contributed by atoms with Gasteiger partial charge in [0.1, 0.15) is 0 Å². The Morgan fingerprint density at radius 2 is 2.11 bits per heavy atom. The smallest absolute Gasteiger partial charge is 0.221 e. The highest BCUT2D eigenvalue weighted by molar-refractivity contribution is 5.76. The van der Waals surface area contributed by atoms with Crippen molar-refractivity contribution in [2.45, 2.75) is 33.7 Å². The molecule has 0 aliphatic rings. The van der Waals surface area contributed by atoms with Crippen LogP contribution in [0.15, 0.2) is 24.3 Å². The number of amides is 1. The van der Waals surface area contributed by atoms with Crippen LogP contribution >= 0.6 is 0 Å². The molecule has 18 heavy (non-hydrogen) atoms. The van der Waals surface area contributed by atoms with Gasteiger partial charge in [0.2, 0.25) is 5.91 Å². The lowest BCUT2D eigenvalue weighted by atomic mass is 10.1. The number of hydrogen-bond acceptors (Lipinski definition) is 2. The fraction of sp³-hybridized carbons (Fsp3) is 0.533. The Kier molecular flexibility index (Phi) is 6.44. The highest BCUT2D eigenvalue weighted by Gasteiger charge is 2.01. The Balaban J connectivity index is 2.13. The van der Waals surface area contributed by atoms with Gasteiger partial charge in [0.15, 0.2) is 0 Å². The fourth-order valence-corrected chi connectivity index (χ4v) is 1.66. The first kappa shape index (κ1) is 14.7. The maximum absolute atomic E-state index is 11.5. The molecule has 3 nitrogen and oxygen atoms in total. The van der Waals surface area contributed by atoms with Crippen LogP contribution in [0, 0.1) is 12.8 Å². The molecule has 2 N–H and O–H groups in total. The lowest BCUT2D eigenvalue weighted by molar-refractivity contribution is -0.121. The van der Waals surface area contributed by atoms with Crippen LogP contribution < -0.4 is 10.6 Å². The standard InChI is InChI=1S/C15H24N2O/c1-12(2)10-17-15(18)7-8-16-11-14-6-4-5-13(3)9-14/h4-6,9,12,16H,7-8,10-11H2,1-3H3,(H,17,18). The van der Waals surface area contributed by atoms with Crippen molar-refractivity contribution in [3.63, 3.8) is 0 Å². The van der Waals surface area contributed by atoms with Gasteiger partial charge in [-0.15, -0.1) is 0 Å². The van der Waals surface area contributed by atoms with Crippen molar-refractivity contribution in [2.75, 3.05) is 13.1 Å². The summed E-state index contributed by atoms with van der Waals surface area (Å²) in [4.78, 5) is 11.5. The van der Waals surface area contributed by atoms with E-state index >= 15 is 0 Å². The summed E-state index contributed by atoms with van der Waals surface area (Å²) in [6.45, 7) is 8.57. The Morgan fingerprint density at radius 1 is 1.33 bits per heavy atom. The van der Waals surface area contributed by atoms with E-state index in [2.05, 4.69) is 55.7 Å². The van der Waals surface area contributed by atoms with E-state index in [1.165, 1.54) is 11.1 Å². The summed E-state index contributed by atoms with van der Waals surface area (Å²) >= 11 is 0. The third-order valence-corrected chi connectivity index (χ3v) is 2.65. The van der Waals surface area contributed by atoms with Crippen LogP contribution in [-0.2, 0) is 11.3 Å². The predicted molar refractivity (Wildman–Crippen MR) is 75.4 cm³/mol. The summed E-state index contributed by atoms with van der Waals surface area (Å²) in [5.74, 6) is 0.634. The second-order valence-corrected chi connectivity index (χ2v) is 5.11. The number of benzene rings is 1. The maximum atomic E-state index is 11.5. The average Bonchev–Trinajstić information content (AvgIpc) is 2.32. The van der Waals surface area contributed by atoms with Gasteiger partial charge in [-0.2, -0.15) is 0 Å². The average molecular weight is 248 g/mol. The zero-order valence-corrected chi connectivity index (χ0v) is 11.6. The van der Waals surface area contributed by atoms with E-state index in [-0.39, 0.29) is 5.91 Å². The number of rotatable bonds is 7. The van der Waals surface area contributed by atoms with Crippen LogP contribution in [-0.4, -0.2) is 19.0 Å². The van der Waals surface area contributed by atoms with Gasteiger partial charge in [-0.25, -0.2) is 0 Å². The van der Waals surface area contributed by atoms with Gasteiger partial charge in [-0.1, -0.05) is 43.7 Å². The lowest BCUT2D eigenvalue weighted by Crippen LogP contribution is -2.30. The highest BCUT2D eigenvalue weighted by Crippen LogP contribution is 2.02. The summed E-state index contributed by atoms with van der Waals surface area (Å²) in [6.07, 6.45) is 0.540. The lowest BCUT2D eigenvalue weighted by Gasteiger charge is -2.08. The normalized spacial score (nSPS) is 10.7. The molecule has 0 fully saturated rings. The Morgan fingerprint density at radius 3 is 2.78 bits per heavy atom. The minimum absolute atomic E-state index is 0.125. The van der Waals surface area contributed by atoms with Gasteiger partial charge in [0.05, 0.1) is 0 Å². The zero-order valence-electron chi connectivity index (χ0n) is 11.6. The van der Waals surface area contributed by atoms with Crippen LogP contribution in [0.4, 0.5) is 0 Å². The van der Waals surface area contributed by atoms with E-state index in [0.717, 1.165) is 19.6 Å². The van der Waals surface area contributed by atoms with Crippen LogP contribution in [0.5, 0.6) is 0 Å². The molecule has 0 spiro atoms. The first-order chi connectivity index (χ1) is 8.58. The summed E-state index contributed by atoms with van der Waals surface area (Å²) in [5, 5.41) is 6.20. The van der Waals surface area contributed by atoms with Gasteiger partial charge < -0.3 is 10.6 Å². The van der Waals surface area contributed by atoms with Crippen molar-refractivity contribution in [3.8, 4) is 0 Å². The predicted octanol–water partition coefficient (Wildman–Crippen LogP) is 2.25. The number of aryl methyl sites for hydroxylation is 1. The van der Waals surface area contributed by atoms with Gasteiger partial charge in [0.25, 0.3) is 0 Å². The summed E-state index contributed by atoms with van der Waals surface area (Å²) in [6, 6.07) is 8.40. The summed E-state index contributed by atoms with van der Waals surface area (Å²) < 4.78 is 0. The number of hydrogen-bond donors (Lipinski definition) is 2. The Bertz CT molecular complexity index is 375. The third kappa shape index (κ3) is 6.40. The van der Waals surface area contributed by atoms with Crippen LogP contribution in [0.1, 0.15) is 31.4 Å². The molecule has 0 aliphatic carbocycles. The van der Waals surface area contributed by atoms with Crippen molar-refractivity contribution in [1.82, 2.24) is 10.6 Å². The molecule has 0 heterocycles. The Labute approximate surface area is 110 Å². The minimum Gasteiger partial charge on any atom is -0.356 e. The molecule has 0 unspecified atom stereocenters. The number of carbonyl (C=O) groups is 1. The van der Waals surface area contributed by atoms with Gasteiger partial charge in [-0.05, 0) is 18.4 Å². The second kappa shape index (κ2) is 7.88. The van der Waals surface area contributed by atoms with Gasteiger partial charge in [0, 0.05) is 26.1 Å². The SMILES string of the molecule is Cc1cccc(CNCCC(=O)NCC(C)C)c1. The zero-order chi connectivity index (χ0) is 13.4. The minimum atomic E-state index is 0.125. The molecule has 0 saturated heterocycles. The van der Waals surface area contributed by atoms with Crippen LogP contribution in [0.25, 0.3) is 0 Å². The topological polar surface area (TPSA) is 41.1 Å². The molecule has 0 aromatic heterocycles. The first-order valence-corrected chi connectivity index (χ1v) is 6.61. The van der Waals surface area contributed by atoms with Crippen molar-refractivity contribution in [2.24, 2.45) is 5.92 Å². The van der Waals surface area contributed by atoms with Crippen molar-refractivity contribution < 1.29 is 4.79 Å². The quantitative estimate of drug-likeness (QED) is 0.727. The van der Waals surface area contributed by atoms with Gasteiger partial charge in [-0.3, -0.25) is 4.79 Å². The van der Waals surface area contributed by atoms with Crippen molar-refractivity contribution in [3.05, 3.63) is 35.4 Å². The van der Waals surface area contributed by atoms with E-state index in [4.69, 9.17) is 0 Å². The molecular formula is C15H24N2O. The monoisotopic (exact) mass is 248 g/mol. The maximum Gasteiger partial charge on any atom is 0.221 e. The second-order valence-electron chi connectivity index (χ2n) is 5.11. The molecule has 1 aromatic carbocycles. The fourth-order valence-electron chi connectivity index (χ4n) is 1.66. The molecule has 0 atom stereocenters. The molecule has 0 radical (unpaired) electrons. The highest BCUT2D eigenvalue weighted by atomic mass is 16.1. The molecule has 0 bridgehead atoms.